The molecule has 10 heterocycles. The van der Waals surface area contributed by atoms with Gasteiger partial charge in [-0.05, 0) is 61.8 Å². The number of aromatic nitrogens is 30. The second-order valence-corrected chi connectivity index (χ2v) is 23.0. The Bertz CT molecular complexity index is 4970. The van der Waals surface area contributed by atoms with Crippen LogP contribution < -0.4 is 85.7 Å². The SMILES string of the molecule is CC(C)c1nn(C)c(=O)n1C.CCCc1nn(C)c(=O)n1C.CCOc1nn(C)c(=O)n1CC.CCOn1c(C)nn(C)c1=O.CCOn1c(CC)nn(C)c1=O.CCc1nn(C)c(=O)n1C.CCc1nn(C)c(=O)n1OC.CCn1c(OC)nn(C)c1=O.COn1c(C)nn(C)c1=O.Cc1nn(C)c(=O)n1C. The third-order valence-electron chi connectivity index (χ3n) is 14.8. The zero-order chi connectivity index (χ0) is 83.1. The molecule has 0 saturated heterocycles. The topological polar surface area (TPSA) is 454 Å². The Morgan fingerprint density at radius 2 is 0.639 bits per heavy atom. The van der Waals surface area contributed by atoms with Gasteiger partial charge in [0.25, 0.3) is 0 Å². The fraction of sp³-hybridized carbons (Fsp3) is 0.677. The predicted octanol–water partition coefficient (Wildman–Crippen LogP) is -3.88. The summed E-state index contributed by atoms with van der Waals surface area (Å²) in [6.45, 7) is 29.0. The molecular weight excluding hydrogens is 1420 g/mol. The Kier molecular flexibility index (Phi) is 39.1. The minimum atomic E-state index is -0.264. The first-order valence-electron chi connectivity index (χ1n) is 34.3. The smallest absolute Gasteiger partial charge is 0.378 e. The minimum Gasteiger partial charge on any atom is -0.467 e. The highest BCUT2D eigenvalue weighted by Crippen LogP contribution is 2.07. The Labute approximate surface area is 622 Å². The summed E-state index contributed by atoms with van der Waals surface area (Å²) in [7, 11) is 27.5. The van der Waals surface area contributed by atoms with E-state index in [0.29, 0.717) is 87.0 Å². The normalized spacial score (nSPS) is 10.3. The summed E-state index contributed by atoms with van der Waals surface area (Å²) in [5.41, 5.74) is -1.51. The molecule has 10 aromatic heterocycles. The summed E-state index contributed by atoms with van der Waals surface area (Å²) in [4.78, 5) is 131. The third-order valence-corrected chi connectivity index (χ3v) is 14.8. The maximum Gasteiger partial charge on any atom is 0.378 e. The van der Waals surface area contributed by atoms with Gasteiger partial charge in [-0.15, -0.1) is 29.1 Å². The molecule has 46 nitrogen and oxygen atoms in total. The molecule has 0 aliphatic heterocycles. The standard InChI is InChI=1S/2C7H13N3O2.2C7H13N3O.3C6H11N3O2.C6H11N3O.C5H9N3O2.C5H9N3O/c1-4-10-6(12-5-2)8-9(3)7(10)11;1-4-6-8-9(3)7(11)10(6)12-5-2;1-5(2)6-8-10(4)7(11)9(6)3;1-4-5-6-8-10(3)7(11)9(6)2;1-4-9-5(11-3)7-8(2)6(9)10;1-4-5-7-8(2)6(10)9(5)11-3;1-4-11-9-5(2)7-8(3)6(9)10;1-4-5-7-9(3)6(10)8(5)2;1-4-6-7(2)5(9)8(4)10-3;1-4-6-8(3)5(9)7(4)2/h2*4-5H2,1-3H3;5H,1-4H3;4-5H2,1-3H3;3*4H2,1-3H3;4H2,1-3H3;1-3H3;1-3H3. The van der Waals surface area contributed by atoms with Crippen LogP contribution in [0, 0.1) is 20.8 Å². The number of aryl methyl sites for hydroxylation is 17. The maximum atomic E-state index is 11.3. The zero-order valence-electron chi connectivity index (χ0n) is 68.6. The van der Waals surface area contributed by atoms with Crippen LogP contribution in [0.25, 0.3) is 0 Å². The predicted molar refractivity (Wildman–Crippen MR) is 397 cm³/mol. The highest BCUT2D eigenvalue weighted by Gasteiger charge is 2.15. The molecule has 0 saturated carbocycles. The van der Waals surface area contributed by atoms with Gasteiger partial charge in [-0.1, -0.05) is 41.5 Å². The van der Waals surface area contributed by atoms with Crippen molar-refractivity contribution in [2.75, 3.05) is 41.2 Å². The van der Waals surface area contributed by atoms with Gasteiger partial charge in [0.05, 0.1) is 13.7 Å². The van der Waals surface area contributed by atoms with E-state index in [2.05, 4.69) is 57.9 Å². The summed E-state index contributed by atoms with van der Waals surface area (Å²) in [5.74, 6) is 5.97. The van der Waals surface area contributed by atoms with Crippen LogP contribution in [0.15, 0.2) is 47.9 Å². The first-order chi connectivity index (χ1) is 50.6. The molecule has 0 fully saturated rings. The van der Waals surface area contributed by atoms with Crippen molar-refractivity contribution >= 4 is 0 Å². The van der Waals surface area contributed by atoms with E-state index in [1.807, 2.05) is 69.2 Å². The van der Waals surface area contributed by atoms with Gasteiger partial charge >= 0.3 is 68.9 Å². The van der Waals surface area contributed by atoms with Gasteiger partial charge in [-0.3, -0.25) is 18.3 Å². The Balaban J connectivity index is 0.000000600. The Morgan fingerprint density at radius 1 is 0.315 bits per heavy atom. The number of rotatable bonds is 17. The largest absolute Gasteiger partial charge is 0.467 e. The molecule has 10 rings (SSSR count). The lowest BCUT2D eigenvalue weighted by Crippen LogP contribution is -2.29. The van der Waals surface area contributed by atoms with Gasteiger partial charge in [0.2, 0.25) is 0 Å². The third kappa shape index (κ3) is 25.2. The van der Waals surface area contributed by atoms with E-state index >= 15 is 0 Å². The van der Waals surface area contributed by atoms with Crippen LogP contribution in [-0.4, -0.2) is 185 Å². The molecule has 0 spiro atoms. The molecule has 0 bridgehead atoms. The number of hydrogen-bond donors (Lipinski definition) is 0. The summed E-state index contributed by atoms with van der Waals surface area (Å²) in [5, 5.41) is 39.4. The molecule has 0 unspecified atom stereocenters. The van der Waals surface area contributed by atoms with Crippen molar-refractivity contribution in [1.82, 2.24) is 144 Å². The quantitative estimate of drug-likeness (QED) is 0.0841. The van der Waals surface area contributed by atoms with Crippen LogP contribution in [0.2, 0.25) is 0 Å². The van der Waals surface area contributed by atoms with Gasteiger partial charge in [0, 0.05) is 143 Å². The van der Waals surface area contributed by atoms with Gasteiger partial charge in [-0.2, -0.15) is 40.8 Å². The van der Waals surface area contributed by atoms with Gasteiger partial charge in [0.1, 0.15) is 50.7 Å². The second kappa shape index (κ2) is 44.9. The summed E-state index contributed by atoms with van der Waals surface area (Å²) < 4.78 is 36.8. The molecule has 46 heteroatoms. The van der Waals surface area contributed by atoms with Crippen LogP contribution in [0.4, 0.5) is 0 Å². The number of nitrogens with zero attached hydrogens (tertiary/aromatic N) is 30. The molecule has 108 heavy (non-hydrogen) atoms. The molecule has 0 aliphatic rings. The van der Waals surface area contributed by atoms with Crippen molar-refractivity contribution in [2.45, 2.75) is 148 Å². The van der Waals surface area contributed by atoms with Gasteiger partial charge < -0.3 is 28.8 Å². The van der Waals surface area contributed by atoms with Crippen molar-refractivity contribution < 1.29 is 28.8 Å². The summed E-state index contributed by atoms with van der Waals surface area (Å²) in [6.07, 6.45) is 4.06. The second-order valence-electron chi connectivity index (χ2n) is 23.0. The lowest BCUT2D eigenvalue weighted by Gasteiger charge is -2.01. The number of methoxy groups -OCH3 is 1. The molecule has 0 aliphatic carbocycles. The van der Waals surface area contributed by atoms with E-state index in [-0.39, 0.29) is 56.9 Å². The first-order valence-corrected chi connectivity index (χ1v) is 34.3. The molecular formula is C62H114N30O16. The van der Waals surface area contributed by atoms with E-state index < -0.39 is 0 Å². The lowest BCUT2D eigenvalue weighted by molar-refractivity contribution is 0.106. The minimum absolute atomic E-state index is 0.0477. The fourth-order valence-electron chi connectivity index (χ4n) is 9.12. The summed E-state index contributed by atoms with van der Waals surface area (Å²) >= 11 is 0. The Hall–Kier alpha value is -11.8. The van der Waals surface area contributed by atoms with E-state index in [4.69, 9.17) is 28.8 Å². The molecule has 10 aromatic rings. The number of ether oxygens (including phenoxy) is 2. The van der Waals surface area contributed by atoms with Crippen LogP contribution in [0.5, 0.6) is 12.0 Å². The van der Waals surface area contributed by atoms with E-state index in [1.165, 1.54) is 96.0 Å². The monoisotopic (exact) mass is 1530 g/mol. The zero-order valence-corrected chi connectivity index (χ0v) is 68.6. The maximum absolute atomic E-state index is 11.3. The van der Waals surface area contributed by atoms with Crippen LogP contribution >= 0.6 is 0 Å². The van der Waals surface area contributed by atoms with E-state index in [9.17, 15) is 47.9 Å². The lowest BCUT2D eigenvalue weighted by atomic mass is 10.2. The van der Waals surface area contributed by atoms with Gasteiger partial charge in [-0.25, -0.2) is 104 Å². The highest BCUT2D eigenvalue weighted by molar-refractivity contribution is 4.95. The van der Waals surface area contributed by atoms with Crippen molar-refractivity contribution in [3.8, 4) is 12.0 Å². The molecule has 0 aromatic carbocycles. The van der Waals surface area contributed by atoms with Crippen molar-refractivity contribution in [2.24, 2.45) is 98.7 Å². The first kappa shape index (κ1) is 94.2. The molecule has 0 radical (unpaired) electrons. The van der Waals surface area contributed by atoms with Crippen molar-refractivity contribution in [3.63, 3.8) is 0 Å². The average molecular weight is 1540 g/mol. The van der Waals surface area contributed by atoms with Crippen LogP contribution in [-0.2, 0) is 137 Å². The molecule has 0 amide bonds. The molecule has 0 atom stereocenters. The van der Waals surface area contributed by atoms with E-state index in [1.54, 1.807) is 133 Å². The van der Waals surface area contributed by atoms with E-state index in [0.717, 1.165) is 47.3 Å². The van der Waals surface area contributed by atoms with Crippen LogP contribution in [0.1, 0.15) is 135 Å². The fourth-order valence-corrected chi connectivity index (χ4v) is 9.12. The van der Waals surface area contributed by atoms with Gasteiger partial charge in [0.15, 0.2) is 23.3 Å². The average Bonchev–Trinajstić information content (AvgIpc) is 1.71. The Morgan fingerprint density at radius 3 is 0.907 bits per heavy atom. The highest BCUT2D eigenvalue weighted by atomic mass is 16.7. The summed E-state index contributed by atoms with van der Waals surface area (Å²) in [6, 6.07) is 0.757. The van der Waals surface area contributed by atoms with Crippen molar-refractivity contribution in [1.29, 1.82) is 0 Å². The van der Waals surface area contributed by atoms with Crippen molar-refractivity contribution in [3.05, 3.63) is 151 Å². The van der Waals surface area contributed by atoms with Crippen LogP contribution in [0.3, 0.4) is 0 Å². The number of hydrogen-bond acceptors (Lipinski definition) is 26. The molecule has 608 valence electrons. The molecule has 0 N–H and O–H groups in total.